The minimum atomic E-state index is -2.88. The van der Waals surface area contributed by atoms with Crippen LogP contribution in [0.5, 0.6) is 0 Å². The Bertz CT molecular complexity index is 749. The molecule has 4 nitrogen and oxygen atoms in total. The highest BCUT2D eigenvalue weighted by atomic mass is 32.2. The Morgan fingerprint density at radius 1 is 1.35 bits per heavy atom. The lowest BCUT2D eigenvalue weighted by Gasteiger charge is -2.09. The van der Waals surface area contributed by atoms with E-state index in [1.54, 1.807) is 17.4 Å². The molecule has 0 aliphatic carbocycles. The van der Waals surface area contributed by atoms with Gasteiger partial charge in [0.25, 0.3) is 5.91 Å². The van der Waals surface area contributed by atoms with E-state index >= 15 is 0 Å². The fourth-order valence-corrected chi connectivity index (χ4v) is 5.11. The highest BCUT2D eigenvalue weighted by Gasteiger charge is 2.27. The van der Waals surface area contributed by atoms with Crippen LogP contribution in [0.4, 0.5) is 0 Å². The fraction of sp³-hybridized carbons (Fsp3) is 0.357. The van der Waals surface area contributed by atoms with Crippen LogP contribution in [-0.4, -0.2) is 32.4 Å². The molecular weight excluding hydrogens is 294 g/mol. The first-order valence-corrected chi connectivity index (χ1v) is 9.19. The van der Waals surface area contributed by atoms with Crippen molar-refractivity contribution in [1.29, 1.82) is 0 Å². The first-order chi connectivity index (χ1) is 9.53. The number of hydrogen-bond donors (Lipinski definition) is 1. The normalized spacial score (nSPS) is 21.1. The third-order valence-corrected chi connectivity index (χ3v) is 6.33. The number of amides is 1. The predicted octanol–water partition coefficient (Wildman–Crippen LogP) is 2.07. The second kappa shape index (κ2) is 5.18. The van der Waals surface area contributed by atoms with Crippen LogP contribution < -0.4 is 5.32 Å². The summed E-state index contributed by atoms with van der Waals surface area (Å²) in [7, 11) is -2.88. The second-order valence-electron chi connectivity index (χ2n) is 5.15. The van der Waals surface area contributed by atoms with Crippen molar-refractivity contribution in [3.8, 4) is 0 Å². The molecule has 3 rings (SSSR count). The zero-order valence-electron chi connectivity index (χ0n) is 10.8. The van der Waals surface area contributed by atoms with E-state index < -0.39 is 9.84 Å². The molecule has 1 N–H and O–H groups in total. The molecule has 0 radical (unpaired) electrons. The van der Waals surface area contributed by atoms with Gasteiger partial charge in [0.1, 0.15) is 0 Å². The highest BCUT2D eigenvalue weighted by Crippen LogP contribution is 2.22. The molecule has 6 heteroatoms. The van der Waals surface area contributed by atoms with Gasteiger partial charge in [-0.15, -0.1) is 11.3 Å². The van der Waals surface area contributed by atoms with Gasteiger partial charge in [-0.2, -0.15) is 0 Å². The molecule has 0 spiro atoms. The van der Waals surface area contributed by atoms with Gasteiger partial charge in [0.15, 0.2) is 9.84 Å². The summed E-state index contributed by atoms with van der Waals surface area (Å²) in [6.07, 6.45) is 0.645. The van der Waals surface area contributed by atoms with Crippen molar-refractivity contribution in [3.05, 3.63) is 35.2 Å². The van der Waals surface area contributed by atoms with Crippen LogP contribution in [0.25, 0.3) is 10.1 Å². The number of sulfone groups is 1. The van der Waals surface area contributed by atoms with Crippen molar-refractivity contribution < 1.29 is 13.2 Å². The lowest BCUT2D eigenvalue weighted by molar-refractivity contribution is 0.0948. The maximum Gasteiger partial charge on any atom is 0.251 e. The van der Waals surface area contributed by atoms with Crippen LogP contribution in [0.2, 0.25) is 0 Å². The lowest BCUT2D eigenvalue weighted by atomic mass is 10.1. The number of nitrogens with one attached hydrogen (secondary N) is 1. The molecular formula is C14H15NO3S2. The molecule has 1 aliphatic rings. The minimum Gasteiger partial charge on any atom is -0.352 e. The Balaban J connectivity index is 1.64. The summed E-state index contributed by atoms with van der Waals surface area (Å²) >= 11 is 1.64. The maximum absolute atomic E-state index is 12.1. The molecule has 2 heterocycles. The molecule has 1 saturated heterocycles. The highest BCUT2D eigenvalue weighted by molar-refractivity contribution is 7.91. The Labute approximate surface area is 121 Å². The Morgan fingerprint density at radius 2 is 2.20 bits per heavy atom. The van der Waals surface area contributed by atoms with Crippen molar-refractivity contribution in [2.75, 3.05) is 18.1 Å². The molecule has 1 unspecified atom stereocenters. The summed E-state index contributed by atoms with van der Waals surface area (Å²) in [4.78, 5) is 12.1. The standard InChI is InChI=1S/C14H15NO3S2/c16-14(15-8-10-4-6-20(17,18)9-10)12-1-2-13-11(7-12)3-5-19-13/h1-3,5,7,10H,4,6,8-9H2,(H,15,16). The first-order valence-electron chi connectivity index (χ1n) is 6.49. The molecule has 1 amide bonds. The van der Waals surface area contributed by atoms with Gasteiger partial charge < -0.3 is 5.32 Å². The molecule has 0 bridgehead atoms. The van der Waals surface area contributed by atoms with Crippen LogP contribution >= 0.6 is 11.3 Å². The van der Waals surface area contributed by atoms with Gasteiger partial charge in [0.05, 0.1) is 11.5 Å². The SMILES string of the molecule is O=C(NCC1CCS(=O)(=O)C1)c1ccc2sccc2c1. The number of fused-ring (bicyclic) bond motifs is 1. The van der Waals surface area contributed by atoms with E-state index in [4.69, 9.17) is 0 Å². The molecule has 2 aromatic rings. The third kappa shape index (κ3) is 2.86. The summed E-state index contributed by atoms with van der Waals surface area (Å²) in [5.74, 6) is 0.349. The molecule has 1 aliphatic heterocycles. The molecule has 1 atom stereocenters. The first kappa shape index (κ1) is 13.6. The molecule has 1 aromatic heterocycles. The van der Waals surface area contributed by atoms with E-state index in [-0.39, 0.29) is 23.3 Å². The van der Waals surface area contributed by atoms with Gasteiger partial charge >= 0.3 is 0 Å². The summed E-state index contributed by atoms with van der Waals surface area (Å²) in [5.41, 5.74) is 0.622. The third-order valence-electron chi connectivity index (χ3n) is 3.59. The van der Waals surface area contributed by atoms with E-state index in [9.17, 15) is 13.2 Å². The minimum absolute atomic E-state index is 0.0498. The van der Waals surface area contributed by atoms with Crippen LogP contribution in [0, 0.1) is 5.92 Å². The number of carbonyl (C=O) groups excluding carboxylic acids is 1. The van der Waals surface area contributed by atoms with E-state index in [0.717, 1.165) is 10.1 Å². The van der Waals surface area contributed by atoms with Gasteiger partial charge in [-0.25, -0.2) is 8.42 Å². The van der Waals surface area contributed by atoms with Crippen LogP contribution in [0.3, 0.4) is 0 Å². The van der Waals surface area contributed by atoms with Crippen LogP contribution in [-0.2, 0) is 9.84 Å². The molecule has 0 saturated carbocycles. The molecule has 20 heavy (non-hydrogen) atoms. The molecule has 106 valence electrons. The van der Waals surface area contributed by atoms with Crippen LogP contribution in [0.1, 0.15) is 16.8 Å². The molecule has 1 aromatic carbocycles. The lowest BCUT2D eigenvalue weighted by Crippen LogP contribution is -2.29. The topological polar surface area (TPSA) is 63.2 Å². The van der Waals surface area contributed by atoms with Gasteiger partial charge in [-0.1, -0.05) is 0 Å². The van der Waals surface area contributed by atoms with Crippen molar-refractivity contribution in [2.24, 2.45) is 5.92 Å². The summed E-state index contributed by atoms with van der Waals surface area (Å²) in [6, 6.07) is 7.60. The number of thiophene rings is 1. The van der Waals surface area contributed by atoms with E-state index in [2.05, 4.69) is 5.32 Å². The number of benzene rings is 1. The Morgan fingerprint density at radius 3 is 2.95 bits per heavy atom. The maximum atomic E-state index is 12.1. The van der Waals surface area contributed by atoms with Crippen molar-refractivity contribution in [2.45, 2.75) is 6.42 Å². The zero-order valence-corrected chi connectivity index (χ0v) is 12.5. The van der Waals surface area contributed by atoms with Gasteiger partial charge in [-0.05, 0) is 47.4 Å². The largest absolute Gasteiger partial charge is 0.352 e. The van der Waals surface area contributed by atoms with E-state index in [1.165, 1.54) is 0 Å². The smallest absolute Gasteiger partial charge is 0.251 e. The van der Waals surface area contributed by atoms with Crippen molar-refractivity contribution in [3.63, 3.8) is 0 Å². The average molecular weight is 309 g/mol. The summed E-state index contributed by atoms with van der Waals surface area (Å²) in [5, 5.41) is 5.89. The number of hydrogen-bond acceptors (Lipinski definition) is 4. The fourth-order valence-electron chi connectivity index (χ4n) is 2.48. The summed E-state index contributed by atoms with van der Waals surface area (Å²) in [6.45, 7) is 0.430. The van der Waals surface area contributed by atoms with Crippen LogP contribution in [0.15, 0.2) is 29.6 Å². The average Bonchev–Trinajstić information content (AvgIpc) is 3.01. The van der Waals surface area contributed by atoms with E-state index in [0.29, 0.717) is 18.5 Å². The number of carbonyl (C=O) groups is 1. The van der Waals surface area contributed by atoms with Crippen molar-refractivity contribution >= 4 is 37.2 Å². The van der Waals surface area contributed by atoms with Gasteiger partial charge in [-0.3, -0.25) is 4.79 Å². The quantitative estimate of drug-likeness (QED) is 0.944. The Kier molecular flexibility index (Phi) is 3.52. The van der Waals surface area contributed by atoms with Gasteiger partial charge in [0, 0.05) is 16.8 Å². The summed E-state index contributed by atoms with van der Waals surface area (Å²) < 4.78 is 23.9. The second-order valence-corrected chi connectivity index (χ2v) is 8.33. The Hall–Kier alpha value is -1.40. The van der Waals surface area contributed by atoms with Crippen molar-refractivity contribution in [1.82, 2.24) is 5.32 Å². The molecule has 1 fully saturated rings. The monoisotopic (exact) mass is 309 g/mol. The van der Waals surface area contributed by atoms with E-state index in [1.807, 2.05) is 23.6 Å². The van der Waals surface area contributed by atoms with Gasteiger partial charge in [0.2, 0.25) is 0 Å². The predicted molar refractivity (Wildman–Crippen MR) is 80.9 cm³/mol. The zero-order chi connectivity index (χ0) is 14.2. The number of rotatable bonds is 3.